The number of nitrogens with one attached hydrogen (secondary N) is 2. The number of morpholine rings is 1. The molecule has 0 aromatic carbocycles. The van der Waals surface area contributed by atoms with Gasteiger partial charge in [0.05, 0.1) is 19.8 Å². The molecular formula is C13H21N3O2S. The van der Waals surface area contributed by atoms with Crippen molar-refractivity contribution in [3.05, 3.63) is 22.4 Å². The van der Waals surface area contributed by atoms with Crippen LogP contribution >= 0.6 is 11.3 Å². The fourth-order valence-electron chi connectivity index (χ4n) is 2.07. The molecule has 6 heteroatoms. The lowest BCUT2D eigenvalue weighted by atomic mass is 10.3. The Morgan fingerprint density at radius 3 is 3.00 bits per heavy atom. The van der Waals surface area contributed by atoms with Gasteiger partial charge in [-0.3, -0.25) is 4.90 Å². The summed E-state index contributed by atoms with van der Waals surface area (Å²) in [6.07, 6.45) is 0. The quantitative estimate of drug-likeness (QED) is 0.855. The molecule has 0 radical (unpaired) electrons. The SMILES string of the molecule is C[C@H](CN1CCOCC1)NC(=O)NCc1cccs1. The van der Waals surface area contributed by atoms with Crippen LogP contribution in [0.5, 0.6) is 0 Å². The van der Waals surface area contributed by atoms with Crippen LogP contribution in [0.1, 0.15) is 11.8 Å². The first kappa shape index (κ1) is 14.3. The average molecular weight is 283 g/mol. The Morgan fingerprint density at radius 2 is 2.32 bits per heavy atom. The largest absolute Gasteiger partial charge is 0.379 e. The van der Waals surface area contributed by atoms with Crippen LogP contribution in [0.15, 0.2) is 17.5 Å². The first-order valence-electron chi connectivity index (χ1n) is 6.61. The van der Waals surface area contributed by atoms with Gasteiger partial charge in [-0.2, -0.15) is 0 Å². The van der Waals surface area contributed by atoms with Crippen LogP contribution in [-0.2, 0) is 11.3 Å². The van der Waals surface area contributed by atoms with Gasteiger partial charge in [0.2, 0.25) is 0 Å². The number of carbonyl (C=O) groups is 1. The summed E-state index contributed by atoms with van der Waals surface area (Å²) in [7, 11) is 0. The molecule has 0 unspecified atom stereocenters. The number of rotatable bonds is 5. The van der Waals surface area contributed by atoms with E-state index in [4.69, 9.17) is 4.74 Å². The van der Waals surface area contributed by atoms with E-state index in [0.717, 1.165) is 37.7 Å². The smallest absolute Gasteiger partial charge is 0.315 e. The van der Waals surface area contributed by atoms with Crippen LogP contribution < -0.4 is 10.6 Å². The highest BCUT2D eigenvalue weighted by atomic mass is 32.1. The molecule has 106 valence electrons. The van der Waals surface area contributed by atoms with Gasteiger partial charge in [0, 0.05) is 30.6 Å². The fourth-order valence-corrected chi connectivity index (χ4v) is 2.72. The number of amides is 2. The van der Waals surface area contributed by atoms with Crippen molar-refractivity contribution in [3.8, 4) is 0 Å². The molecule has 1 aromatic rings. The maximum Gasteiger partial charge on any atom is 0.315 e. The Bertz CT molecular complexity index is 377. The molecule has 1 saturated heterocycles. The standard InChI is InChI=1S/C13H21N3O2S/c1-11(10-16-4-6-18-7-5-16)15-13(17)14-9-12-3-2-8-19-12/h2-3,8,11H,4-7,9-10H2,1H3,(H2,14,15,17)/t11-/m1/s1. The summed E-state index contributed by atoms with van der Waals surface area (Å²) in [5, 5.41) is 7.84. The maximum absolute atomic E-state index is 11.7. The molecule has 1 aliphatic rings. The van der Waals surface area contributed by atoms with Crippen molar-refractivity contribution >= 4 is 17.4 Å². The minimum Gasteiger partial charge on any atom is -0.379 e. The molecule has 1 atom stereocenters. The first-order chi connectivity index (χ1) is 9.24. The summed E-state index contributed by atoms with van der Waals surface area (Å²) in [5.41, 5.74) is 0. The van der Waals surface area contributed by atoms with Crippen LogP contribution in [0.3, 0.4) is 0 Å². The van der Waals surface area contributed by atoms with E-state index in [1.165, 1.54) is 0 Å². The summed E-state index contributed by atoms with van der Waals surface area (Å²) in [5.74, 6) is 0. The van der Waals surface area contributed by atoms with E-state index in [0.29, 0.717) is 6.54 Å². The third-order valence-electron chi connectivity index (χ3n) is 3.02. The number of thiophene rings is 1. The highest BCUT2D eigenvalue weighted by Gasteiger charge is 2.14. The Kier molecular flexibility index (Phi) is 5.62. The molecule has 1 aliphatic heterocycles. The van der Waals surface area contributed by atoms with Gasteiger partial charge in [-0.1, -0.05) is 6.07 Å². The topological polar surface area (TPSA) is 53.6 Å². The van der Waals surface area contributed by atoms with Gasteiger partial charge in [-0.15, -0.1) is 11.3 Å². The van der Waals surface area contributed by atoms with Crippen molar-refractivity contribution in [1.29, 1.82) is 0 Å². The number of hydrogen-bond acceptors (Lipinski definition) is 4. The summed E-state index contributed by atoms with van der Waals surface area (Å²) >= 11 is 1.65. The van der Waals surface area contributed by atoms with Gasteiger partial charge in [0.1, 0.15) is 0 Å². The number of carbonyl (C=O) groups excluding carboxylic acids is 1. The zero-order valence-electron chi connectivity index (χ0n) is 11.2. The van der Waals surface area contributed by atoms with E-state index in [-0.39, 0.29) is 12.1 Å². The molecule has 2 N–H and O–H groups in total. The minimum atomic E-state index is -0.103. The van der Waals surface area contributed by atoms with E-state index in [1.807, 2.05) is 24.4 Å². The molecule has 0 aliphatic carbocycles. The van der Waals surface area contributed by atoms with Crippen molar-refractivity contribution in [1.82, 2.24) is 15.5 Å². The molecule has 0 saturated carbocycles. The van der Waals surface area contributed by atoms with Gasteiger partial charge in [0.25, 0.3) is 0 Å². The monoisotopic (exact) mass is 283 g/mol. The van der Waals surface area contributed by atoms with Crippen LogP contribution in [0.2, 0.25) is 0 Å². The summed E-state index contributed by atoms with van der Waals surface area (Å²) in [4.78, 5) is 15.2. The molecule has 1 aromatic heterocycles. The first-order valence-corrected chi connectivity index (χ1v) is 7.49. The molecule has 1 fully saturated rings. The van der Waals surface area contributed by atoms with E-state index in [2.05, 4.69) is 15.5 Å². The average Bonchev–Trinajstić information content (AvgIpc) is 2.90. The molecule has 2 rings (SSSR count). The highest BCUT2D eigenvalue weighted by Crippen LogP contribution is 2.07. The van der Waals surface area contributed by atoms with E-state index >= 15 is 0 Å². The number of ether oxygens (including phenoxy) is 1. The van der Waals surface area contributed by atoms with Crippen molar-refractivity contribution in [3.63, 3.8) is 0 Å². The second-order valence-electron chi connectivity index (χ2n) is 4.72. The normalized spacial score (nSPS) is 17.9. The zero-order valence-corrected chi connectivity index (χ0v) is 12.0. The second kappa shape index (κ2) is 7.47. The molecule has 5 nitrogen and oxygen atoms in total. The Hall–Kier alpha value is -1.11. The van der Waals surface area contributed by atoms with Gasteiger partial charge < -0.3 is 15.4 Å². The second-order valence-corrected chi connectivity index (χ2v) is 5.75. The molecule has 2 amide bonds. The van der Waals surface area contributed by atoms with Crippen molar-refractivity contribution < 1.29 is 9.53 Å². The molecule has 19 heavy (non-hydrogen) atoms. The predicted molar refractivity (Wildman–Crippen MR) is 76.4 cm³/mol. The van der Waals surface area contributed by atoms with Crippen LogP contribution in [0.25, 0.3) is 0 Å². The molecule has 0 spiro atoms. The number of nitrogens with zero attached hydrogens (tertiary/aromatic N) is 1. The summed E-state index contributed by atoms with van der Waals surface area (Å²) in [6, 6.07) is 4.04. The number of hydrogen-bond donors (Lipinski definition) is 2. The van der Waals surface area contributed by atoms with Crippen molar-refractivity contribution in [2.45, 2.75) is 19.5 Å². The fraction of sp³-hybridized carbons (Fsp3) is 0.615. The predicted octanol–water partition coefficient (Wildman–Crippen LogP) is 1.27. The lowest BCUT2D eigenvalue weighted by molar-refractivity contribution is 0.0349. The van der Waals surface area contributed by atoms with Crippen molar-refractivity contribution in [2.75, 3.05) is 32.8 Å². The number of urea groups is 1. The summed E-state index contributed by atoms with van der Waals surface area (Å²) in [6.45, 7) is 6.96. The third-order valence-corrected chi connectivity index (χ3v) is 3.89. The van der Waals surface area contributed by atoms with Crippen LogP contribution in [0, 0.1) is 0 Å². The van der Waals surface area contributed by atoms with Gasteiger partial charge in [0.15, 0.2) is 0 Å². The zero-order chi connectivity index (χ0) is 13.5. The lowest BCUT2D eigenvalue weighted by Gasteiger charge is -2.29. The third kappa shape index (κ3) is 5.18. The maximum atomic E-state index is 11.7. The molecular weight excluding hydrogens is 262 g/mol. The van der Waals surface area contributed by atoms with Gasteiger partial charge in [-0.05, 0) is 18.4 Å². The molecule has 2 heterocycles. The van der Waals surface area contributed by atoms with Gasteiger partial charge >= 0.3 is 6.03 Å². The Morgan fingerprint density at radius 1 is 1.53 bits per heavy atom. The Labute approximate surface area is 117 Å². The Balaban J connectivity index is 1.63. The summed E-state index contributed by atoms with van der Waals surface area (Å²) < 4.78 is 5.30. The highest BCUT2D eigenvalue weighted by molar-refractivity contribution is 7.09. The van der Waals surface area contributed by atoms with E-state index < -0.39 is 0 Å². The van der Waals surface area contributed by atoms with E-state index in [9.17, 15) is 4.79 Å². The molecule has 0 bridgehead atoms. The lowest BCUT2D eigenvalue weighted by Crippen LogP contribution is -2.48. The van der Waals surface area contributed by atoms with Crippen LogP contribution in [-0.4, -0.2) is 49.8 Å². The van der Waals surface area contributed by atoms with Crippen molar-refractivity contribution in [2.24, 2.45) is 0 Å². The van der Waals surface area contributed by atoms with Gasteiger partial charge in [-0.25, -0.2) is 4.79 Å². The minimum absolute atomic E-state index is 0.103. The van der Waals surface area contributed by atoms with Crippen LogP contribution in [0.4, 0.5) is 4.79 Å². The van der Waals surface area contributed by atoms with E-state index in [1.54, 1.807) is 11.3 Å².